The van der Waals surface area contributed by atoms with Crippen LogP contribution in [0.1, 0.15) is 143 Å². The molecule has 2 aromatic carbocycles. The van der Waals surface area contributed by atoms with Gasteiger partial charge in [-0.3, -0.25) is 9.59 Å². The van der Waals surface area contributed by atoms with E-state index >= 15 is 0 Å². The minimum Gasteiger partial charge on any atom is -0.507 e. The number of hydrogen-bond acceptors (Lipinski definition) is 5. The molecular formula is C40H60N2O5. The molecule has 4 N–H and O–H groups in total. The summed E-state index contributed by atoms with van der Waals surface area (Å²) in [6.07, 6.45) is -1.37. The largest absolute Gasteiger partial charge is 0.507 e. The average molecular weight is 649 g/mol. The SMILES string of the molecule is C=C(C)C(=O)NCC(OC(CNC(=O)C(=C)C)c1cc(C(C)(C)C)c(O)c(C(C)(C)C)c1)c1cc(C(C)(C)C)c(O)c(C(C)(C)C)c1. The second-order valence-electron chi connectivity index (χ2n) is 17.0. The first-order valence-corrected chi connectivity index (χ1v) is 16.4. The Labute approximate surface area is 283 Å². The van der Waals surface area contributed by atoms with Gasteiger partial charge in [0.2, 0.25) is 11.8 Å². The van der Waals surface area contributed by atoms with Gasteiger partial charge >= 0.3 is 0 Å². The number of amides is 2. The van der Waals surface area contributed by atoms with E-state index in [0.29, 0.717) is 11.1 Å². The van der Waals surface area contributed by atoms with Crippen molar-refractivity contribution in [2.24, 2.45) is 0 Å². The quantitative estimate of drug-likeness (QED) is 0.193. The molecule has 2 aromatic rings. The van der Waals surface area contributed by atoms with Crippen molar-refractivity contribution >= 4 is 11.8 Å². The molecule has 0 aliphatic carbocycles. The molecular weight excluding hydrogens is 588 g/mol. The highest BCUT2D eigenvalue weighted by molar-refractivity contribution is 5.92. The van der Waals surface area contributed by atoms with Crippen molar-refractivity contribution in [2.75, 3.05) is 13.1 Å². The van der Waals surface area contributed by atoms with Crippen molar-refractivity contribution in [1.82, 2.24) is 10.6 Å². The summed E-state index contributed by atoms with van der Waals surface area (Å²) in [5.74, 6) is -0.114. The molecule has 7 heteroatoms. The van der Waals surface area contributed by atoms with Crippen LogP contribution in [0.4, 0.5) is 0 Å². The number of ether oxygens (including phenoxy) is 1. The van der Waals surface area contributed by atoms with Crippen LogP contribution in [0.25, 0.3) is 0 Å². The standard InChI is InChI=1S/C40H60N2O5/c1-23(2)35(45)41-21-31(25-17-27(37(5,6)7)33(43)28(18-25)38(8,9)10)47-32(22-42-36(46)24(3)4)26-19-29(39(11,12)13)34(44)30(20-26)40(14,15)16/h17-20,31-32,43-44H,1,3,21-22H2,2,4-16H3,(H,41,45)(H,42,46). The predicted molar refractivity (Wildman–Crippen MR) is 193 cm³/mol. The Hall–Kier alpha value is -3.58. The van der Waals surface area contributed by atoms with Gasteiger partial charge in [0, 0.05) is 24.2 Å². The third-order valence-electron chi connectivity index (χ3n) is 8.24. The maximum atomic E-state index is 12.8. The van der Waals surface area contributed by atoms with Gasteiger partial charge in [0.25, 0.3) is 0 Å². The Morgan fingerprint density at radius 3 is 1.02 bits per heavy atom. The van der Waals surface area contributed by atoms with Gasteiger partial charge in [-0.25, -0.2) is 0 Å². The first-order chi connectivity index (χ1) is 21.2. The summed E-state index contributed by atoms with van der Waals surface area (Å²) in [4.78, 5) is 25.6. The van der Waals surface area contributed by atoms with Gasteiger partial charge in [-0.15, -0.1) is 0 Å². The third kappa shape index (κ3) is 10.2. The van der Waals surface area contributed by atoms with E-state index in [1.54, 1.807) is 13.8 Å². The van der Waals surface area contributed by atoms with Gasteiger partial charge in [0.1, 0.15) is 23.7 Å². The highest BCUT2D eigenvalue weighted by atomic mass is 16.5. The number of carbonyl (C=O) groups excluding carboxylic acids is 2. The number of rotatable bonds is 10. The maximum absolute atomic E-state index is 12.8. The van der Waals surface area contributed by atoms with E-state index in [1.165, 1.54) is 0 Å². The third-order valence-corrected chi connectivity index (χ3v) is 8.24. The van der Waals surface area contributed by atoms with Crippen molar-refractivity contribution in [2.45, 2.75) is 131 Å². The molecule has 0 aromatic heterocycles. The lowest BCUT2D eigenvalue weighted by Gasteiger charge is -2.33. The van der Waals surface area contributed by atoms with Crippen LogP contribution in [0.2, 0.25) is 0 Å². The van der Waals surface area contributed by atoms with E-state index in [2.05, 4.69) is 23.8 Å². The topological polar surface area (TPSA) is 108 Å². The summed E-state index contributed by atoms with van der Waals surface area (Å²) >= 11 is 0. The number of nitrogens with one attached hydrogen (secondary N) is 2. The number of phenolic OH excluding ortho intramolecular Hbond substituents is 2. The lowest BCUT2D eigenvalue weighted by atomic mass is 9.77. The fraction of sp³-hybridized carbons (Fsp3) is 0.550. The van der Waals surface area contributed by atoms with E-state index in [-0.39, 0.29) is 58.1 Å². The van der Waals surface area contributed by atoms with Crippen molar-refractivity contribution < 1.29 is 24.5 Å². The first kappa shape index (κ1) is 39.6. The summed E-state index contributed by atoms with van der Waals surface area (Å²) in [6.45, 7) is 35.7. The summed E-state index contributed by atoms with van der Waals surface area (Å²) < 4.78 is 6.98. The molecule has 0 fully saturated rings. The van der Waals surface area contributed by atoms with Crippen LogP contribution < -0.4 is 10.6 Å². The van der Waals surface area contributed by atoms with Crippen LogP contribution in [0.5, 0.6) is 11.5 Å². The molecule has 2 rings (SSSR count). The van der Waals surface area contributed by atoms with Crippen LogP contribution in [-0.2, 0) is 36.0 Å². The molecule has 0 aliphatic heterocycles. The molecule has 0 radical (unpaired) electrons. The molecule has 0 saturated heterocycles. The van der Waals surface area contributed by atoms with Gasteiger partial charge in [-0.1, -0.05) is 96.2 Å². The molecule has 0 spiro atoms. The molecule has 2 amide bonds. The zero-order valence-electron chi connectivity index (χ0n) is 31.4. The minimum absolute atomic E-state index is 0.116. The number of phenols is 2. The lowest BCUT2D eigenvalue weighted by Crippen LogP contribution is -2.34. The normalized spacial score (nSPS) is 13.9. The molecule has 2 atom stereocenters. The van der Waals surface area contributed by atoms with E-state index in [9.17, 15) is 19.8 Å². The van der Waals surface area contributed by atoms with Crippen LogP contribution in [0, 0.1) is 0 Å². The van der Waals surface area contributed by atoms with Crippen LogP contribution in [0.15, 0.2) is 48.6 Å². The van der Waals surface area contributed by atoms with Crippen LogP contribution in [-0.4, -0.2) is 35.1 Å². The number of aromatic hydroxyl groups is 2. The second-order valence-corrected chi connectivity index (χ2v) is 17.0. The Bertz CT molecular complexity index is 1320. The van der Waals surface area contributed by atoms with Crippen LogP contribution >= 0.6 is 0 Å². The predicted octanol–water partition coefficient (Wildman–Crippen LogP) is 8.47. The van der Waals surface area contributed by atoms with Crippen molar-refractivity contribution in [3.63, 3.8) is 0 Å². The van der Waals surface area contributed by atoms with Crippen molar-refractivity contribution in [3.8, 4) is 11.5 Å². The van der Waals surface area contributed by atoms with Crippen molar-refractivity contribution in [3.05, 3.63) is 82.0 Å². The monoisotopic (exact) mass is 648 g/mol. The zero-order valence-corrected chi connectivity index (χ0v) is 31.4. The Morgan fingerprint density at radius 1 is 0.596 bits per heavy atom. The molecule has 0 bridgehead atoms. The van der Waals surface area contributed by atoms with Gasteiger partial charge in [0.05, 0.1) is 0 Å². The van der Waals surface area contributed by atoms with Gasteiger partial charge < -0.3 is 25.6 Å². The lowest BCUT2D eigenvalue weighted by molar-refractivity contribution is -0.118. The van der Waals surface area contributed by atoms with E-state index in [4.69, 9.17) is 4.74 Å². The fourth-order valence-corrected chi connectivity index (χ4v) is 5.33. The molecule has 0 heterocycles. The highest BCUT2D eigenvalue weighted by Crippen LogP contribution is 2.44. The second kappa shape index (κ2) is 14.3. The van der Waals surface area contributed by atoms with Gasteiger partial charge in [-0.2, -0.15) is 0 Å². The molecule has 47 heavy (non-hydrogen) atoms. The van der Waals surface area contributed by atoms with E-state index in [1.807, 2.05) is 107 Å². The summed E-state index contributed by atoms with van der Waals surface area (Å²) in [5, 5.41) is 28.8. The molecule has 2 unspecified atom stereocenters. The van der Waals surface area contributed by atoms with E-state index < -0.39 is 12.2 Å². The number of hydrogen-bond donors (Lipinski definition) is 4. The molecule has 7 nitrogen and oxygen atoms in total. The highest BCUT2D eigenvalue weighted by Gasteiger charge is 2.32. The van der Waals surface area contributed by atoms with E-state index in [0.717, 1.165) is 33.4 Å². The Kier molecular flexibility index (Phi) is 12.0. The van der Waals surface area contributed by atoms with Crippen molar-refractivity contribution in [1.29, 1.82) is 0 Å². The molecule has 0 aliphatic rings. The minimum atomic E-state index is -0.683. The molecule has 260 valence electrons. The fourth-order valence-electron chi connectivity index (χ4n) is 5.33. The average Bonchev–Trinajstić information content (AvgIpc) is 2.90. The summed E-state index contributed by atoms with van der Waals surface area (Å²) in [7, 11) is 0. The maximum Gasteiger partial charge on any atom is 0.246 e. The van der Waals surface area contributed by atoms with Gasteiger partial charge in [0.15, 0.2) is 0 Å². The number of benzene rings is 2. The molecule has 0 saturated carbocycles. The summed E-state index contributed by atoms with van der Waals surface area (Å²) in [5.41, 5.74) is 3.81. The Balaban J connectivity index is 2.93. The van der Waals surface area contributed by atoms with Gasteiger partial charge in [-0.05, 0) is 93.2 Å². The first-order valence-electron chi connectivity index (χ1n) is 16.4. The summed E-state index contributed by atoms with van der Waals surface area (Å²) in [6, 6.07) is 7.79. The smallest absolute Gasteiger partial charge is 0.246 e. The zero-order chi connectivity index (χ0) is 36.4. The Morgan fingerprint density at radius 2 is 0.830 bits per heavy atom. The number of carbonyl (C=O) groups is 2. The van der Waals surface area contributed by atoms with Crippen LogP contribution in [0.3, 0.4) is 0 Å².